The Kier molecular flexibility index (Phi) is 4.28. The molecule has 0 bridgehead atoms. The van der Waals surface area contributed by atoms with Crippen LogP contribution in [0, 0.1) is 5.82 Å². The summed E-state index contributed by atoms with van der Waals surface area (Å²) in [6.07, 6.45) is 0. The van der Waals surface area contributed by atoms with Crippen molar-refractivity contribution in [2.45, 2.75) is 12.2 Å². The molecule has 0 spiro atoms. The molecule has 0 saturated carbocycles. The van der Waals surface area contributed by atoms with E-state index < -0.39 is 27.7 Å². The number of hydrogen-bond donors (Lipinski definition) is 2. The summed E-state index contributed by atoms with van der Waals surface area (Å²) in [5, 5.41) is 7.76. The predicted molar refractivity (Wildman–Crippen MR) is 63.2 cm³/mol. The molecule has 1 rings (SSSR count). The van der Waals surface area contributed by atoms with Gasteiger partial charge in [0.1, 0.15) is 11.1 Å². The number of nitrogens with one attached hydrogen (secondary N) is 1. The van der Waals surface area contributed by atoms with Gasteiger partial charge in [-0.2, -0.15) is 0 Å². The molecule has 0 fully saturated rings. The topological polar surface area (TPSA) is 66.4 Å². The van der Waals surface area contributed by atoms with Gasteiger partial charge in [0, 0.05) is 4.47 Å². The first-order chi connectivity index (χ1) is 7.36. The maximum absolute atomic E-state index is 13.3. The van der Waals surface area contributed by atoms with Crippen LogP contribution in [0.4, 0.5) is 10.1 Å². The summed E-state index contributed by atoms with van der Waals surface area (Å²) in [6, 6.07) is 3.92. The molecule has 90 valence electrons. The van der Waals surface area contributed by atoms with Crippen molar-refractivity contribution in [3.05, 3.63) is 28.5 Å². The average Bonchev–Trinajstić information content (AvgIpc) is 2.22. The Balaban J connectivity index is 3.01. The zero-order chi connectivity index (χ0) is 12.3. The highest BCUT2D eigenvalue weighted by Crippen LogP contribution is 2.21. The normalized spacial score (nSPS) is 13.5. The number of hydrogen-bond acceptors (Lipinski definition) is 3. The van der Waals surface area contributed by atoms with Gasteiger partial charge >= 0.3 is 0 Å². The van der Waals surface area contributed by atoms with E-state index in [1.807, 2.05) is 0 Å². The number of benzene rings is 1. The van der Waals surface area contributed by atoms with Gasteiger partial charge < -0.3 is 5.11 Å². The summed E-state index contributed by atoms with van der Waals surface area (Å²) in [4.78, 5) is 0. The molecule has 0 heterocycles. The van der Waals surface area contributed by atoms with E-state index in [4.69, 9.17) is 5.11 Å². The molecule has 0 aliphatic heterocycles. The monoisotopic (exact) mass is 311 g/mol. The van der Waals surface area contributed by atoms with Gasteiger partial charge in [0.05, 0.1) is 12.3 Å². The van der Waals surface area contributed by atoms with E-state index in [0.717, 1.165) is 6.07 Å². The highest BCUT2D eigenvalue weighted by Gasteiger charge is 2.21. The lowest BCUT2D eigenvalue weighted by atomic mass is 10.3. The molecule has 2 N–H and O–H groups in total. The van der Waals surface area contributed by atoms with Crippen LogP contribution in [-0.4, -0.2) is 25.4 Å². The van der Waals surface area contributed by atoms with E-state index in [9.17, 15) is 12.8 Å². The van der Waals surface area contributed by atoms with Gasteiger partial charge in [-0.3, -0.25) is 4.72 Å². The predicted octanol–water partition coefficient (Wildman–Crippen LogP) is 1.71. The minimum Gasteiger partial charge on any atom is -0.395 e. The molecule has 0 saturated heterocycles. The maximum atomic E-state index is 13.3. The zero-order valence-corrected chi connectivity index (χ0v) is 10.8. The highest BCUT2D eigenvalue weighted by molar-refractivity contribution is 9.10. The fourth-order valence-electron chi connectivity index (χ4n) is 0.928. The van der Waals surface area contributed by atoms with Crippen LogP contribution in [-0.2, 0) is 10.0 Å². The first kappa shape index (κ1) is 13.4. The fraction of sp³-hybridized carbons (Fsp3) is 0.333. The quantitative estimate of drug-likeness (QED) is 0.889. The van der Waals surface area contributed by atoms with E-state index in [1.54, 1.807) is 0 Å². The van der Waals surface area contributed by atoms with Crippen molar-refractivity contribution in [1.29, 1.82) is 0 Å². The third-order valence-corrected chi connectivity index (χ3v) is 4.17. The van der Waals surface area contributed by atoms with Gasteiger partial charge in [0.2, 0.25) is 10.0 Å². The van der Waals surface area contributed by atoms with Crippen LogP contribution in [0.3, 0.4) is 0 Å². The van der Waals surface area contributed by atoms with Crippen molar-refractivity contribution < 1.29 is 17.9 Å². The summed E-state index contributed by atoms with van der Waals surface area (Å²) < 4.78 is 39.0. The minimum atomic E-state index is -3.76. The van der Waals surface area contributed by atoms with Crippen molar-refractivity contribution in [3.63, 3.8) is 0 Å². The number of aliphatic hydroxyl groups excluding tert-OH is 1. The molecule has 0 aliphatic carbocycles. The number of halogens is 2. The molecule has 0 radical (unpaired) electrons. The lowest BCUT2D eigenvalue weighted by Crippen LogP contribution is -2.28. The van der Waals surface area contributed by atoms with Crippen LogP contribution in [0.25, 0.3) is 0 Å². The standard InChI is InChI=1S/C9H11BrFNO3S/c1-6(5-13)16(14,15)12-9-4-7(10)2-3-8(9)11/h2-4,6,12-13H,5H2,1H3. The second kappa shape index (κ2) is 5.11. The van der Waals surface area contributed by atoms with Crippen LogP contribution in [0.15, 0.2) is 22.7 Å². The van der Waals surface area contributed by atoms with Gasteiger partial charge in [0.25, 0.3) is 0 Å². The Bertz CT molecular complexity index is 478. The summed E-state index contributed by atoms with van der Waals surface area (Å²) in [6.45, 7) is 0.809. The van der Waals surface area contributed by atoms with Crippen molar-refractivity contribution >= 4 is 31.6 Å². The number of rotatable bonds is 4. The maximum Gasteiger partial charge on any atom is 0.237 e. The molecule has 0 aliphatic rings. The Labute approximate surface area is 102 Å². The molecule has 1 atom stereocenters. The molecule has 1 aromatic carbocycles. The van der Waals surface area contributed by atoms with Gasteiger partial charge in [0.15, 0.2) is 0 Å². The Morgan fingerprint density at radius 3 is 2.75 bits per heavy atom. The second-order valence-corrected chi connectivity index (χ2v) is 6.28. The van der Waals surface area contributed by atoms with Gasteiger partial charge in [-0.05, 0) is 25.1 Å². The van der Waals surface area contributed by atoms with Gasteiger partial charge in [-0.1, -0.05) is 15.9 Å². The van der Waals surface area contributed by atoms with Gasteiger partial charge in [-0.15, -0.1) is 0 Å². The van der Waals surface area contributed by atoms with Crippen LogP contribution in [0.2, 0.25) is 0 Å². The summed E-state index contributed by atoms with van der Waals surface area (Å²) in [5.74, 6) is -0.670. The molecule has 1 aromatic rings. The number of anilines is 1. The van der Waals surface area contributed by atoms with Crippen molar-refractivity contribution in [2.75, 3.05) is 11.3 Å². The van der Waals surface area contributed by atoms with Crippen LogP contribution in [0.5, 0.6) is 0 Å². The summed E-state index contributed by atoms with van der Waals surface area (Å²) in [5.41, 5.74) is -0.144. The third-order valence-electron chi connectivity index (χ3n) is 1.97. The first-order valence-corrected chi connectivity index (χ1v) is 6.78. The molecule has 0 aromatic heterocycles. The number of aliphatic hydroxyl groups is 1. The van der Waals surface area contributed by atoms with Crippen LogP contribution < -0.4 is 4.72 Å². The van der Waals surface area contributed by atoms with E-state index in [1.165, 1.54) is 19.1 Å². The van der Waals surface area contributed by atoms with Gasteiger partial charge in [-0.25, -0.2) is 12.8 Å². The van der Waals surface area contributed by atoms with E-state index in [-0.39, 0.29) is 5.69 Å². The fourth-order valence-corrected chi connectivity index (χ4v) is 2.15. The van der Waals surface area contributed by atoms with Crippen LogP contribution >= 0.6 is 15.9 Å². The molecular formula is C9H11BrFNO3S. The highest BCUT2D eigenvalue weighted by atomic mass is 79.9. The minimum absolute atomic E-state index is 0.144. The molecule has 0 amide bonds. The van der Waals surface area contributed by atoms with E-state index >= 15 is 0 Å². The lowest BCUT2D eigenvalue weighted by Gasteiger charge is -2.13. The Hall–Kier alpha value is -0.660. The molecule has 1 unspecified atom stereocenters. The summed E-state index contributed by atoms with van der Waals surface area (Å²) in [7, 11) is -3.76. The second-order valence-electron chi connectivity index (χ2n) is 3.26. The molecule has 16 heavy (non-hydrogen) atoms. The average molecular weight is 312 g/mol. The zero-order valence-electron chi connectivity index (χ0n) is 8.44. The van der Waals surface area contributed by atoms with E-state index in [0.29, 0.717) is 4.47 Å². The molecular weight excluding hydrogens is 301 g/mol. The smallest absolute Gasteiger partial charge is 0.237 e. The van der Waals surface area contributed by atoms with Crippen molar-refractivity contribution in [1.82, 2.24) is 0 Å². The largest absolute Gasteiger partial charge is 0.395 e. The summed E-state index contributed by atoms with van der Waals surface area (Å²) >= 11 is 3.11. The van der Waals surface area contributed by atoms with Crippen LogP contribution in [0.1, 0.15) is 6.92 Å². The SMILES string of the molecule is CC(CO)S(=O)(=O)Nc1cc(Br)ccc1F. The lowest BCUT2D eigenvalue weighted by molar-refractivity contribution is 0.296. The molecule has 4 nitrogen and oxygen atoms in total. The molecule has 7 heteroatoms. The Morgan fingerprint density at radius 1 is 1.56 bits per heavy atom. The third kappa shape index (κ3) is 3.16. The first-order valence-electron chi connectivity index (χ1n) is 4.44. The van der Waals surface area contributed by atoms with Crippen molar-refractivity contribution in [3.8, 4) is 0 Å². The van der Waals surface area contributed by atoms with Crippen molar-refractivity contribution in [2.24, 2.45) is 0 Å². The van der Waals surface area contributed by atoms with E-state index in [2.05, 4.69) is 20.7 Å². The Morgan fingerprint density at radius 2 is 2.19 bits per heavy atom. The number of sulfonamides is 1.